The van der Waals surface area contributed by atoms with E-state index in [2.05, 4.69) is 78.1 Å². The summed E-state index contributed by atoms with van der Waals surface area (Å²) in [6, 6.07) is 3.86. The summed E-state index contributed by atoms with van der Waals surface area (Å²) in [6.07, 6.45) is 9.96. The second kappa shape index (κ2) is 9.44. The summed E-state index contributed by atoms with van der Waals surface area (Å²) >= 11 is 0. The molecule has 0 saturated carbocycles. The van der Waals surface area contributed by atoms with Gasteiger partial charge in [-0.2, -0.15) is 11.6 Å². The molecule has 2 aromatic rings. The summed E-state index contributed by atoms with van der Waals surface area (Å²) in [5, 5.41) is 1.66. The zero-order valence-corrected chi connectivity index (χ0v) is 23.1. The maximum Gasteiger partial charge on any atom is 3.00 e. The van der Waals surface area contributed by atoms with Crippen LogP contribution in [0.4, 0.5) is 0 Å². The normalized spacial score (nSPS) is 13.7. The van der Waals surface area contributed by atoms with E-state index in [1.165, 1.54) is 50.1 Å². The van der Waals surface area contributed by atoms with Crippen molar-refractivity contribution in [3.8, 4) is 11.1 Å². The first-order chi connectivity index (χ1) is 12.3. The molecular formula is C27H34SiZr. The maximum absolute atomic E-state index is 3.86. The van der Waals surface area contributed by atoms with Crippen molar-refractivity contribution in [1.82, 2.24) is 0 Å². The van der Waals surface area contributed by atoms with Crippen LogP contribution in [0.2, 0.25) is 13.1 Å². The molecule has 0 nitrogen and oxygen atoms in total. The molecule has 0 bridgehead atoms. The van der Waals surface area contributed by atoms with E-state index in [0.29, 0.717) is 5.92 Å². The topological polar surface area (TPSA) is 0 Å². The first-order valence-electron chi connectivity index (χ1n) is 9.66. The van der Waals surface area contributed by atoms with E-state index < -0.39 is 8.80 Å². The Morgan fingerprint density at radius 1 is 0.793 bits per heavy atom. The van der Waals surface area contributed by atoms with Gasteiger partial charge in [0.1, 0.15) is 0 Å². The molecule has 0 aromatic heterocycles. The van der Waals surface area contributed by atoms with Crippen molar-refractivity contribution in [1.29, 1.82) is 0 Å². The number of rotatable bonds is 2. The Morgan fingerprint density at radius 3 is 1.90 bits per heavy atom. The van der Waals surface area contributed by atoms with Crippen LogP contribution in [0.5, 0.6) is 0 Å². The summed E-state index contributed by atoms with van der Waals surface area (Å²) in [6.45, 7) is 16.4. The van der Waals surface area contributed by atoms with Gasteiger partial charge in [-0.3, -0.25) is 0 Å². The van der Waals surface area contributed by atoms with Crippen molar-refractivity contribution in [2.24, 2.45) is 0 Å². The van der Waals surface area contributed by atoms with Gasteiger partial charge >= 0.3 is 26.2 Å². The minimum absolute atomic E-state index is 0. The van der Waals surface area contributed by atoms with Crippen molar-refractivity contribution in [2.45, 2.75) is 60.1 Å². The van der Waals surface area contributed by atoms with Gasteiger partial charge in [-0.05, 0) is 44.2 Å². The zero-order chi connectivity index (χ0) is 18.7. The average molecular weight is 478 g/mol. The first-order valence-corrected chi connectivity index (χ1v) is 12.2. The molecule has 2 aromatic carbocycles. The molecule has 0 spiro atoms. The van der Waals surface area contributed by atoms with E-state index in [-0.39, 0.29) is 41.1 Å². The Hall–Kier alpha value is -0.980. The number of benzene rings is 2. The van der Waals surface area contributed by atoms with Gasteiger partial charge in [0.25, 0.3) is 0 Å². The molecule has 0 atom stereocenters. The molecule has 0 N–H and O–H groups in total. The number of fused-ring (bicyclic) bond motifs is 3. The second-order valence-electron chi connectivity index (χ2n) is 8.22. The third-order valence-electron chi connectivity index (χ3n) is 6.59. The number of hydrogen-bond donors (Lipinski definition) is 0. The first kappa shape index (κ1) is 26.1. The summed E-state index contributed by atoms with van der Waals surface area (Å²) in [5.41, 5.74) is 14.8. The Kier molecular flexibility index (Phi) is 8.48. The average Bonchev–Trinajstić information content (AvgIpc) is 3.23. The predicted molar refractivity (Wildman–Crippen MR) is 128 cm³/mol. The molecule has 29 heavy (non-hydrogen) atoms. The smallest absolute Gasteiger partial charge is 0.358 e. The fraction of sp³-hybridized carbons (Fsp3) is 0.333. The summed E-state index contributed by atoms with van der Waals surface area (Å²) in [5.74, 6) is 0.392. The molecule has 0 fully saturated rings. The van der Waals surface area contributed by atoms with Gasteiger partial charge in [-0.25, -0.2) is 0 Å². The fourth-order valence-electron chi connectivity index (χ4n) is 4.97. The molecule has 2 heteroatoms. The van der Waals surface area contributed by atoms with E-state index in [1.54, 1.807) is 10.8 Å². The second-order valence-corrected chi connectivity index (χ2v) is 10.7. The Balaban J connectivity index is 0.00000140. The van der Waals surface area contributed by atoms with E-state index in [9.17, 15) is 0 Å². The van der Waals surface area contributed by atoms with E-state index >= 15 is 0 Å². The Morgan fingerprint density at radius 2 is 1.34 bits per heavy atom. The van der Waals surface area contributed by atoms with Crippen LogP contribution in [-0.2, 0) is 32.6 Å². The largest absolute Gasteiger partial charge is 3.00 e. The summed E-state index contributed by atoms with van der Waals surface area (Å²) in [7, 11) is -0.506. The molecule has 0 unspecified atom stereocenters. The molecule has 2 aliphatic rings. The van der Waals surface area contributed by atoms with Crippen molar-refractivity contribution in [2.75, 3.05) is 0 Å². The molecule has 2 radical (unpaired) electrons. The summed E-state index contributed by atoms with van der Waals surface area (Å²) < 4.78 is 0. The molecular weight excluding hydrogens is 444 g/mol. The molecule has 0 saturated heterocycles. The minimum atomic E-state index is -0.506. The number of hydrogen-bond acceptors (Lipinski definition) is 0. The van der Waals surface area contributed by atoms with Crippen molar-refractivity contribution in [3.05, 3.63) is 89.7 Å². The van der Waals surface area contributed by atoms with Crippen LogP contribution in [0, 0.1) is 55.5 Å². The van der Waals surface area contributed by atoms with Crippen molar-refractivity contribution in [3.63, 3.8) is 0 Å². The Bertz CT molecular complexity index is 981. The number of allylic oxidation sites excluding steroid dienone is 4. The SMILES string of the molecule is Cc1c(C2C=CC=C2)[c-]c2c(c1C)-c1c(C)c(C)c(C)c([Si](C)C)c1C2.[CH3-].[CH3-].[Zr+3]. The van der Waals surface area contributed by atoms with Crippen LogP contribution in [-0.4, -0.2) is 8.80 Å². The van der Waals surface area contributed by atoms with Crippen molar-refractivity contribution < 1.29 is 26.2 Å². The molecule has 0 heterocycles. The van der Waals surface area contributed by atoms with Gasteiger partial charge in [0, 0.05) is 0 Å². The fourth-order valence-corrected chi connectivity index (χ4v) is 6.72. The molecule has 0 aliphatic heterocycles. The van der Waals surface area contributed by atoms with Gasteiger partial charge in [0.15, 0.2) is 0 Å². The van der Waals surface area contributed by atoms with Gasteiger partial charge in [0.05, 0.1) is 8.80 Å². The van der Waals surface area contributed by atoms with E-state index in [4.69, 9.17) is 0 Å². The monoisotopic (exact) mass is 476 g/mol. The third-order valence-corrected chi connectivity index (χ3v) is 8.27. The van der Waals surface area contributed by atoms with Gasteiger partial charge in [-0.1, -0.05) is 73.1 Å². The molecule has 150 valence electrons. The third kappa shape index (κ3) is 3.88. The van der Waals surface area contributed by atoms with Crippen LogP contribution < -0.4 is 5.19 Å². The van der Waals surface area contributed by atoms with Crippen LogP contribution in [0.25, 0.3) is 11.1 Å². The minimum Gasteiger partial charge on any atom is -0.358 e. The molecule has 0 amide bonds. The standard InChI is InChI=1S/C25H28Si.2CH3.Zr/c1-14-16(3)24-22(25(18(14)5)26(6)7)13-20-12-21(19-10-8-9-11-19)15(2)17(4)23(20)24;;;/h8-11,19H,13H2,1-7H3;2*1H3;/q3*-1;+3. The van der Waals surface area contributed by atoms with Crippen LogP contribution in [0.15, 0.2) is 24.3 Å². The van der Waals surface area contributed by atoms with Crippen LogP contribution in [0.1, 0.15) is 50.4 Å². The van der Waals surface area contributed by atoms with Gasteiger partial charge in [-0.15, -0.1) is 22.3 Å². The van der Waals surface area contributed by atoms with E-state index in [1.807, 2.05) is 0 Å². The van der Waals surface area contributed by atoms with Crippen LogP contribution >= 0.6 is 0 Å². The van der Waals surface area contributed by atoms with Gasteiger partial charge in [0.2, 0.25) is 0 Å². The zero-order valence-electron chi connectivity index (χ0n) is 19.6. The summed E-state index contributed by atoms with van der Waals surface area (Å²) in [4.78, 5) is 0. The van der Waals surface area contributed by atoms with Crippen molar-refractivity contribution >= 4 is 14.0 Å². The van der Waals surface area contributed by atoms with Gasteiger partial charge < -0.3 is 14.9 Å². The predicted octanol–water partition coefficient (Wildman–Crippen LogP) is 6.67. The van der Waals surface area contributed by atoms with E-state index in [0.717, 1.165) is 6.42 Å². The maximum atomic E-state index is 3.86. The molecule has 4 rings (SSSR count). The Labute approximate surface area is 200 Å². The quantitative estimate of drug-likeness (QED) is 0.286. The van der Waals surface area contributed by atoms with Crippen LogP contribution in [0.3, 0.4) is 0 Å². The molecule has 2 aliphatic carbocycles.